The van der Waals surface area contributed by atoms with Gasteiger partial charge in [0.25, 0.3) is 10.0 Å². The fourth-order valence-electron chi connectivity index (χ4n) is 2.78. The van der Waals surface area contributed by atoms with Crippen molar-refractivity contribution in [2.45, 2.75) is 51.2 Å². The number of nitrogens with zero attached hydrogens (tertiary/aromatic N) is 2. The van der Waals surface area contributed by atoms with E-state index in [1.165, 1.54) is 12.8 Å². The van der Waals surface area contributed by atoms with E-state index in [4.69, 9.17) is 0 Å². The van der Waals surface area contributed by atoms with Crippen molar-refractivity contribution in [2.24, 2.45) is 11.8 Å². The molecule has 2 unspecified atom stereocenters. The zero-order valence-corrected chi connectivity index (χ0v) is 13.7. The molecular weight excluding hydrogens is 288 g/mol. The molecule has 21 heavy (non-hydrogen) atoms. The Bertz CT molecular complexity index is 611. The molecule has 118 valence electrons. The van der Waals surface area contributed by atoms with E-state index in [0.717, 1.165) is 11.3 Å². The summed E-state index contributed by atoms with van der Waals surface area (Å²) < 4.78 is 27.3. The lowest BCUT2D eigenvalue weighted by atomic mass is 10.0. The fraction of sp³-hybridized carbons (Fsp3) is 0.786. The molecule has 1 saturated carbocycles. The summed E-state index contributed by atoms with van der Waals surface area (Å²) in [5.41, 5.74) is 1.62. The monoisotopic (exact) mass is 312 g/mol. The third kappa shape index (κ3) is 2.86. The number of aromatic amines is 1. The second kappa shape index (κ2) is 5.37. The molecule has 1 aliphatic heterocycles. The molecule has 2 N–H and O–H groups in total. The van der Waals surface area contributed by atoms with Crippen LogP contribution in [0.3, 0.4) is 0 Å². The van der Waals surface area contributed by atoms with E-state index >= 15 is 0 Å². The van der Waals surface area contributed by atoms with Gasteiger partial charge >= 0.3 is 0 Å². The van der Waals surface area contributed by atoms with E-state index in [9.17, 15) is 8.42 Å². The highest BCUT2D eigenvalue weighted by Crippen LogP contribution is 2.29. The van der Waals surface area contributed by atoms with Crippen LogP contribution in [0.15, 0.2) is 5.03 Å². The van der Waals surface area contributed by atoms with Gasteiger partial charge in [-0.2, -0.15) is 9.40 Å². The van der Waals surface area contributed by atoms with Crippen molar-refractivity contribution in [1.29, 1.82) is 0 Å². The van der Waals surface area contributed by atoms with E-state index < -0.39 is 10.0 Å². The van der Waals surface area contributed by atoms with Crippen molar-refractivity contribution in [2.75, 3.05) is 13.1 Å². The molecule has 7 heteroatoms. The summed E-state index contributed by atoms with van der Waals surface area (Å²) in [7, 11) is -3.49. The Kier molecular flexibility index (Phi) is 3.83. The first-order valence-electron chi connectivity index (χ1n) is 7.67. The highest BCUT2D eigenvalue weighted by Gasteiger charge is 2.38. The van der Waals surface area contributed by atoms with Gasteiger partial charge < -0.3 is 5.32 Å². The van der Waals surface area contributed by atoms with E-state index in [2.05, 4.69) is 29.4 Å². The van der Waals surface area contributed by atoms with Crippen LogP contribution in [-0.4, -0.2) is 42.1 Å². The molecule has 0 bridgehead atoms. The number of rotatable bonds is 5. The fourth-order valence-corrected chi connectivity index (χ4v) is 4.59. The van der Waals surface area contributed by atoms with Crippen LogP contribution in [-0.2, 0) is 16.6 Å². The van der Waals surface area contributed by atoms with Gasteiger partial charge in [-0.3, -0.25) is 5.10 Å². The van der Waals surface area contributed by atoms with E-state index in [1.807, 2.05) is 6.92 Å². The van der Waals surface area contributed by atoms with Gasteiger partial charge in [0.2, 0.25) is 0 Å². The highest BCUT2D eigenvalue weighted by molar-refractivity contribution is 7.89. The van der Waals surface area contributed by atoms with Crippen LogP contribution in [0.2, 0.25) is 0 Å². The van der Waals surface area contributed by atoms with Crippen molar-refractivity contribution >= 4 is 10.0 Å². The average molecular weight is 312 g/mol. The number of aryl methyl sites for hydroxylation is 1. The molecule has 0 aromatic carbocycles. The third-order valence-corrected chi connectivity index (χ3v) is 6.52. The summed E-state index contributed by atoms with van der Waals surface area (Å²) in [5.74, 6) is 0.792. The van der Waals surface area contributed by atoms with Crippen LogP contribution >= 0.6 is 0 Å². The normalized spacial score (nSPS) is 27.4. The Morgan fingerprint density at radius 3 is 2.48 bits per heavy atom. The molecule has 1 saturated heterocycles. The van der Waals surface area contributed by atoms with Gasteiger partial charge in [-0.1, -0.05) is 13.8 Å². The molecule has 2 aliphatic rings. The molecule has 2 fully saturated rings. The summed E-state index contributed by atoms with van der Waals surface area (Å²) in [4.78, 5) is 0. The first-order valence-corrected chi connectivity index (χ1v) is 9.11. The molecule has 1 aromatic heterocycles. The summed E-state index contributed by atoms with van der Waals surface area (Å²) in [6.07, 6.45) is 2.36. The van der Waals surface area contributed by atoms with E-state index in [1.54, 1.807) is 4.31 Å². The maximum absolute atomic E-state index is 12.8. The van der Waals surface area contributed by atoms with Gasteiger partial charge in [0, 0.05) is 36.9 Å². The SMILES string of the molecule is Cc1[nH]nc(S(=O)(=O)N2CC(C)C(C)C2)c1CNC1CC1. The number of aromatic nitrogens is 2. The number of hydrogen-bond donors (Lipinski definition) is 2. The largest absolute Gasteiger partial charge is 0.310 e. The van der Waals surface area contributed by atoms with Gasteiger partial charge in [0.05, 0.1) is 0 Å². The molecule has 2 atom stereocenters. The number of sulfonamides is 1. The lowest BCUT2D eigenvalue weighted by Gasteiger charge is -2.15. The minimum absolute atomic E-state index is 0.203. The van der Waals surface area contributed by atoms with Crippen LogP contribution in [0, 0.1) is 18.8 Å². The van der Waals surface area contributed by atoms with Crippen LogP contribution in [0.5, 0.6) is 0 Å². The minimum Gasteiger partial charge on any atom is -0.310 e. The highest BCUT2D eigenvalue weighted by atomic mass is 32.2. The van der Waals surface area contributed by atoms with Crippen molar-refractivity contribution < 1.29 is 8.42 Å². The van der Waals surface area contributed by atoms with Crippen LogP contribution < -0.4 is 5.32 Å². The van der Waals surface area contributed by atoms with Crippen molar-refractivity contribution in [3.8, 4) is 0 Å². The quantitative estimate of drug-likeness (QED) is 0.857. The molecular formula is C14H24N4O2S. The lowest BCUT2D eigenvalue weighted by Crippen LogP contribution is -2.30. The number of hydrogen-bond acceptors (Lipinski definition) is 4. The van der Waals surface area contributed by atoms with Crippen LogP contribution in [0.4, 0.5) is 0 Å². The molecule has 6 nitrogen and oxygen atoms in total. The predicted molar refractivity (Wildman–Crippen MR) is 80.3 cm³/mol. The van der Waals surface area contributed by atoms with E-state index in [0.29, 0.717) is 37.5 Å². The minimum atomic E-state index is -3.49. The Morgan fingerprint density at radius 2 is 1.90 bits per heavy atom. The number of H-pyrrole nitrogens is 1. The van der Waals surface area contributed by atoms with Crippen LogP contribution in [0.25, 0.3) is 0 Å². The molecule has 0 amide bonds. The van der Waals surface area contributed by atoms with Gasteiger partial charge in [-0.15, -0.1) is 0 Å². The lowest BCUT2D eigenvalue weighted by molar-refractivity contribution is 0.459. The number of nitrogens with one attached hydrogen (secondary N) is 2. The van der Waals surface area contributed by atoms with Crippen molar-refractivity contribution in [1.82, 2.24) is 19.8 Å². The Balaban J connectivity index is 1.84. The molecule has 0 radical (unpaired) electrons. The molecule has 2 heterocycles. The third-order valence-electron chi connectivity index (χ3n) is 4.72. The van der Waals surface area contributed by atoms with Crippen molar-refractivity contribution in [3.63, 3.8) is 0 Å². The Morgan fingerprint density at radius 1 is 1.29 bits per heavy atom. The summed E-state index contributed by atoms with van der Waals surface area (Å²) in [6, 6.07) is 0.543. The van der Waals surface area contributed by atoms with Gasteiger partial charge in [-0.05, 0) is 31.6 Å². The Hall–Kier alpha value is -0.920. The smallest absolute Gasteiger partial charge is 0.262 e. The molecule has 0 spiro atoms. The van der Waals surface area contributed by atoms with Gasteiger partial charge in [0.15, 0.2) is 5.03 Å². The second-order valence-electron chi connectivity index (χ2n) is 6.56. The first kappa shape index (κ1) is 15.0. The first-order chi connectivity index (χ1) is 9.89. The molecule has 3 rings (SSSR count). The maximum Gasteiger partial charge on any atom is 0.262 e. The summed E-state index contributed by atoms with van der Waals surface area (Å²) >= 11 is 0. The van der Waals surface area contributed by atoms with Crippen molar-refractivity contribution in [3.05, 3.63) is 11.3 Å². The summed E-state index contributed by atoms with van der Waals surface area (Å²) in [5, 5.41) is 10.5. The molecule has 1 aliphatic carbocycles. The zero-order chi connectivity index (χ0) is 15.2. The predicted octanol–water partition coefficient (Wildman–Crippen LogP) is 1.25. The Labute approximate surface area is 126 Å². The topological polar surface area (TPSA) is 78.1 Å². The average Bonchev–Trinajstić information content (AvgIpc) is 3.09. The standard InChI is InChI=1S/C14H24N4O2S/c1-9-7-18(8-10(9)2)21(19,20)14-13(11(3)16-17-14)6-15-12-4-5-12/h9-10,12,15H,4-8H2,1-3H3,(H,16,17). The van der Waals surface area contributed by atoms with E-state index in [-0.39, 0.29) is 5.03 Å². The second-order valence-corrected chi connectivity index (χ2v) is 8.42. The van der Waals surface area contributed by atoms with Gasteiger partial charge in [-0.25, -0.2) is 8.42 Å². The zero-order valence-electron chi connectivity index (χ0n) is 12.9. The van der Waals surface area contributed by atoms with Crippen LogP contribution in [0.1, 0.15) is 37.9 Å². The summed E-state index contributed by atoms with van der Waals surface area (Å²) in [6.45, 7) is 7.83. The molecule has 1 aromatic rings. The van der Waals surface area contributed by atoms with Gasteiger partial charge in [0.1, 0.15) is 0 Å². The maximum atomic E-state index is 12.8.